The van der Waals surface area contributed by atoms with Crippen molar-refractivity contribution in [2.75, 3.05) is 12.4 Å². The van der Waals surface area contributed by atoms with Crippen LogP contribution in [-0.4, -0.2) is 18.9 Å². The fourth-order valence-electron chi connectivity index (χ4n) is 1.69. The topological polar surface area (TPSA) is 71.3 Å². The van der Waals surface area contributed by atoms with Gasteiger partial charge in [0.15, 0.2) is 0 Å². The Kier molecular flexibility index (Phi) is 4.10. The van der Waals surface area contributed by atoms with Crippen LogP contribution in [-0.2, 0) is 0 Å². The lowest BCUT2D eigenvalue weighted by Gasteiger charge is -2.09. The number of benzene rings is 1. The van der Waals surface area contributed by atoms with Gasteiger partial charge in [0.2, 0.25) is 5.22 Å². The quantitative estimate of drug-likeness (QED) is 0.914. The summed E-state index contributed by atoms with van der Waals surface area (Å²) in [6.45, 7) is 1.83. The summed E-state index contributed by atoms with van der Waals surface area (Å²) in [7, 11) is 1.55. The Morgan fingerprint density at radius 3 is 2.55 bits per heavy atom. The highest BCUT2D eigenvalue weighted by molar-refractivity contribution is 6.32. The Balaban J connectivity index is 2.27. The van der Waals surface area contributed by atoms with Crippen LogP contribution in [0.1, 0.15) is 26.3 Å². The maximum atomic E-state index is 12.0. The fourth-order valence-corrected chi connectivity index (χ4v) is 1.89. The highest BCUT2D eigenvalue weighted by Gasteiger charge is 2.15. The summed E-state index contributed by atoms with van der Waals surface area (Å²) in [5, 5.41) is 5.27. The zero-order valence-corrected chi connectivity index (χ0v) is 11.7. The molecule has 2 aromatic rings. The average Bonchev–Trinajstić information content (AvgIpc) is 2.86. The van der Waals surface area contributed by atoms with Gasteiger partial charge in [0.1, 0.15) is 0 Å². The zero-order valence-electron chi connectivity index (χ0n) is 11.0. The van der Waals surface area contributed by atoms with Crippen LogP contribution in [0.4, 0.5) is 5.69 Å². The lowest BCUT2D eigenvalue weighted by molar-refractivity contribution is 0.0961. The number of carbonyl (C=O) groups excluding carboxylic acids is 2. The van der Waals surface area contributed by atoms with Gasteiger partial charge in [0.05, 0.1) is 11.8 Å². The molecule has 1 aromatic carbocycles. The number of hydrogen-bond donors (Lipinski definition) is 2. The van der Waals surface area contributed by atoms with E-state index in [2.05, 4.69) is 10.6 Å². The van der Waals surface area contributed by atoms with Gasteiger partial charge < -0.3 is 15.1 Å². The SMILES string of the molecule is CNC(=O)c1ccc(C)c(NC(=O)c2ccoc2Cl)c1. The molecule has 0 unspecified atom stereocenters. The van der Waals surface area contributed by atoms with Gasteiger partial charge in [-0.15, -0.1) is 0 Å². The van der Waals surface area contributed by atoms with Gasteiger partial charge in [0, 0.05) is 18.3 Å². The Morgan fingerprint density at radius 2 is 1.95 bits per heavy atom. The third kappa shape index (κ3) is 2.83. The van der Waals surface area contributed by atoms with E-state index in [1.807, 2.05) is 6.92 Å². The van der Waals surface area contributed by atoms with Gasteiger partial charge in [-0.3, -0.25) is 9.59 Å². The van der Waals surface area contributed by atoms with E-state index in [-0.39, 0.29) is 22.6 Å². The maximum absolute atomic E-state index is 12.0. The van der Waals surface area contributed by atoms with Crippen molar-refractivity contribution < 1.29 is 14.0 Å². The molecular formula is C14H13ClN2O3. The van der Waals surface area contributed by atoms with Crippen molar-refractivity contribution in [3.8, 4) is 0 Å². The van der Waals surface area contributed by atoms with Gasteiger partial charge in [0.25, 0.3) is 11.8 Å². The van der Waals surface area contributed by atoms with Crippen molar-refractivity contribution in [1.29, 1.82) is 0 Å². The molecule has 5 nitrogen and oxygen atoms in total. The van der Waals surface area contributed by atoms with E-state index in [4.69, 9.17) is 16.0 Å². The Labute approximate surface area is 120 Å². The van der Waals surface area contributed by atoms with Crippen molar-refractivity contribution in [3.05, 3.63) is 52.4 Å². The molecule has 0 bridgehead atoms. The molecule has 6 heteroatoms. The van der Waals surface area contributed by atoms with Crippen LogP contribution in [0.15, 0.2) is 34.9 Å². The molecule has 0 aliphatic heterocycles. The van der Waals surface area contributed by atoms with Crippen LogP contribution in [0.2, 0.25) is 5.22 Å². The van der Waals surface area contributed by atoms with Crippen LogP contribution in [0.5, 0.6) is 0 Å². The lowest BCUT2D eigenvalue weighted by atomic mass is 10.1. The number of hydrogen-bond acceptors (Lipinski definition) is 3. The van der Waals surface area contributed by atoms with E-state index in [0.29, 0.717) is 11.3 Å². The molecule has 0 saturated carbocycles. The minimum absolute atomic E-state index is 0.0302. The highest BCUT2D eigenvalue weighted by atomic mass is 35.5. The first kappa shape index (κ1) is 14.1. The monoisotopic (exact) mass is 292 g/mol. The Morgan fingerprint density at radius 1 is 1.20 bits per heavy atom. The standard InChI is InChI=1S/C14H13ClN2O3/c1-8-3-4-9(13(18)16-2)7-11(8)17-14(19)10-5-6-20-12(10)15/h3-7H,1-2H3,(H,16,18)(H,17,19). The molecule has 2 amide bonds. The normalized spacial score (nSPS) is 10.2. The third-order valence-corrected chi connectivity index (χ3v) is 3.13. The van der Waals surface area contributed by atoms with E-state index in [9.17, 15) is 9.59 Å². The minimum Gasteiger partial charge on any atom is -0.452 e. The van der Waals surface area contributed by atoms with Crippen LogP contribution >= 0.6 is 11.6 Å². The first-order valence-corrected chi connectivity index (χ1v) is 6.28. The van der Waals surface area contributed by atoms with Gasteiger partial charge in [-0.05, 0) is 42.3 Å². The van der Waals surface area contributed by atoms with Gasteiger partial charge in [-0.25, -0.2) is 0 Å². The molecule has 2 N–H and O–H groups in total. The van der Waals surface area contributed by atoms with Crippen LogP contribution in [0.25, 0.3) is 0 Å². The number of carbonyl (C=O) groups is 2. The predicted molar refractivity (Wildman–Crippen MR) is 76.2 cm³/mol. The molecule has 0 fully saturated rings. The molecule has 104 valence electrons. The van der Waals surface area contributed by atoms with Crippen LogP contribution in [0, 0.1) is 6.92 Å². The second-order valence-corrected chi connectivity index (χ2v) is 4.51. The molecule has 0 spiro atoms. The van der Waals surface area contributed by atoms with Gasteiger partial charge >= 0.3 is 0 Å². The fraction of sp³-hybridized carbons (Fsp3) is 0.143. The maximum Gasteiger partial charge on any atom is 0.260 e. The van der Waals surface area contributed by atoms with Crippen molar-refractivity contribution in [3.63, 3.8) is 0 Å². The number of nitrogens with one attached hydrogen (secondary N) is 2. The van der Waals surface area contributed by atoms with E-state index >= 15 is 0 Å². The highest BCUT2D eigenvalue weighted by Crippen LogP contribution is 2.21. The third-order valence-electron chi connectivity index (χ3n) is 2.84. The van der Waals surface area contributed by atoms with E-state index in [1.54, 1.807) is 25.2 Å². The lowest BCUT2D eigenvalue weighted by Crippen LogP contribution is -2.19. The Hall–Kier alpha value is -2.27. The zero-order chi connectivity index (χ0) is 14.7. The molecule has 1 heterocycles. The molecule has 20 heavy (non-hydrogen) atoms. The molecule has 0 radical (unpaired) electrons. The summed E-state index contributed by atoms with van der Waals surface area (Å²) in [5.74, 6) is -0.609. The summed E-state index contributed by atoms with van der Waals surface area (Å²) in [4.78, 5) is 23.6. The molecular weight excluding hydrogens is 280 g/mol. The second kappa shape index (κ2) is 5.79. The summed E-state index contributed by atoms with van der Waals surface area (Å²) >= 11 is 5.75. The van der Waals surface area contributed by atoms with Crippen LogP contribution < -0.4 is 10.6 Å². The van der Waals surface area contributed by atoms with E-state index in [1.165, 1.54) is 12.3 Å². The van der Waals surface area contributed by atoms with Crippen molar-refractivity contribution in [1.82, 2.24) is 5.32 Å². The first-order chi connectivity index (χ1) is 9.52. The van der Waals surface area contributed by atoms with Crippen molar-refractivity contribution in [2.24, 2.45) is 0 Å². The van der Waals surface area contributed by atoms with Crippen LogP contribution in [0.3, 0.4) is 0 Å². The smallest absolute Gasteiger partial charge is 0.260 e. The summed E-state index contributed by atoms with van der Waals surface area (Å²) in [5.41, 5.74) is 2.10. The summed E-state index contributed by atoms with van der Waals surface area (Å²) in [6.07, 6.45) is 1.34. The van der Waals surface area contributed by atoms with Crippen molar-refractivity contribution >= 4 is 29.1 Å². The first-order valence-electron chi connectivity index (χ1n) is 5.90. The van der Waals surface area contributed by atoms with Gasteiger partial charge in [-0.1, -0.05) is 6.07 Å². The predicted octanol–water partition coefficient (Wildman–Crippen LogP) is 2.85. The average molecular weight is 293 g/mol. The summed E-state index contributed by atoms with van der Waals surface area (Å²) < 4.78 is 4.87. The minimum atomic E-state index is -0.388. The number of anilines is 1. The molecule has 0 atom stereocenters. The van der Waals surface area contributed by atoms with E-state index < -0.39 is 0 Å². The number of halogens is 1. The number of aryl methyl sites for hydroxylation is 1. The second-order valence-electron chi connectivity index (χ2n) is 4.17. The van der Waals surface area contributed by atoms with E-state index in [0.717, 1.165) is 5.56 Å². The summed E-state index contributed by atoms with van der Waals surface area (Å²) in [6, 6.07) is 6.54. The van der Waals surface area contributed by atoms with Crippen molar-refractivity contribution in [2.45, 2.75) is 6.92 Å². The number of rotatable bonds is 3. The van der Waals surface area contributed by atoms with Gasteiger partial charge in [-0.2, -0.15) is 0 Å². The molecule has 2 rings (SSSR count). The molecule has 0 aliphatic carbocycles. The molecule has 0 saturated heterocycles. The molecule has 0 aliphatic rings. The largest absolute Gasteiger partial charge is 0.452 e. The Bertz CT molecular complexity index is 664. The molecule has 1 aromatic heterocycles. The number of furan rings is 1. The number of amides is 2.